The second-order valence-electron chi connectivity index (χ2n) is 10.6. The fourth-order valence-electron chi connectivity index (χ4n) is 7.29. The third-order valence-corrected chi connectivity index (χ3v) is 8.91. The zero-order valence-corrected chi connectivity index (χ0v) is 20.6. The van der Waals surface area contributed by atoms with Crippen LogP contribution in [0.25, 0.3) is 0 Å². The van der Waals surface area contributed by atoms with E-state index in [0.29, 0.717) is 35.5 Å². The molecule has 0 aromatic carbocycles. The molecule has 178 valence electrons. The summed E-state index contributed by atoms with van der Waals surface area (Å²) in [7, 11) is 3.63. The summed E-state index contributed by atoms with van der Waals surface area (Å²) in [5, 5.41) is 20.7. The summed E-state index contributed by atoms with van der Waals surface area (Å²) < 4.78 is 3.53. The minimum absolute atomic E-state index is 0.0885. The van der Waals surface area contributed by atoms with Crippen LogP contribution in [0.2, 0.25) is 10.0 Å². The summed E-state index contributed by atoms with van der Waals surface area (Å²) in [6.45, 7) is 2.21. The van der Waals surface area contributed by atoms with Crippen LogP contribution in [0.3, 0.4) is 0 Å². The van der Waals surface area contributed by atoms with Gasteiger partial charge in [-0.05, 0) is 67.6 Å². The molecule has 0 saturated heterocycles. The molecule has 0 spiro atoms. The van der Waals surface area contributed by atoms with E-state index in [4.69, 9.17) is 23.2 Å². The van der Waals surface area contributed by atoms with E-state index in [2.05, 4.69) is 10.2 Å². The van der Waals surface area contributed by atoms with Crippen molar-refractivity contribution >= 4 is 34.9 Å². The number of nitrogens with zero attached hydrogens (tertiary/aromatic N) is 6. The molecule has 6 rings (SSSR count). The summed E-state index contributed by atoms with van der Waals surface area (Å²) in [5.41, 5.74) is 1.03. The average Bonchev–Trinajstić information content (AvgIpc) is 3.20. The highest BCUT2D eigenvalue weighted by atomic mass is 35.5. The fraction of sp³-hybridized carbons (Fsp3) is 0.682. The topological polar surface area (TPSA) is 99.1 Å². The van der Waals surface area contributed by atoms with Crippen molar-refractivity contribution in [3.05, 3.63) is 37.7 Å². The molecular formula is C22H28Cl2N6O3. The van der Waals surface area contributed by atoms with Crippen molar-refractivity contribution in [2.75, 3.05) is 7.05 Å². The number of hydrogen-bond donors (Lipinski definition) is 0. The number of aromatic nitrogens is 4. The summed E-state index contributed by atoms with van der Waals surface area (Å²) in [6.07, 6.45) is 7.94. The minimum atomic E-state index is -0.510. The van der Waals surface area contributed by atoms with Crippen molar-refractivity contribution in [3.8, 4) is 0 Å². The fourth-order valence-corrected chi connectivity index (χ4v) is 7.70. The molecule has 2 unspecified atom stereocenters. The van der Waals surface area contributed by atoms with Gasteiger partial charge >= 0.3 is 5.82 Å². The molecule has 4 aliphatic rings. The number of halogens is 2. The van der Waals surface area contributed by atoms with Gasteiger partial charge in [-0.25, -0.2) is 0 Å². The Labute approximate surface area is 202 Å². The smallest absolute Gasteiger partial charge is 0.358 e. The highest BCUT2D eigenvalue weighted by Gasteiger charge is 2.61. The minimum Gasteiger partial charge on any atom is -0.358 e. The zero-order valence-electron chi connectivity index (χ0n) is 19.1. The molecule has 4 bridgehead atoms. The van der Waals surface area contributed by atoms with Crippen LogP contribution >= 0.6 is 23.2 Å². The Bertz CT molecular complexity index is 1110. The zero-order chi connectivity index (χ0) is 23.7. The van der Waals surface area contributed by atoms with E-state index in [0.717, 1.165) is 44.2 Å². The van der Waals surface area contributed by atoms with Gasteiger partial charge in [-0.15, -0.1) is 0 Å². The van der Waals surface area contributed by atoms with Gasteiger partial charge in [-0.3, -0.25) is 9.48 Å². The first-order chi connectivity index (χ1) is 15.5. The van der Waals surface area contributed by atoms with Gasteiger partial charge in [0.2, 0.25) is 5.91 Å². The second kappa shape index (κ2) is 7.70. The lowest BCUT2D eigenvalue weighted by Gasteiger charge is -2.61. The van der Waals surface area contributed by atoms with Gasteiger partial charge in [0.1, 0.15) is 0 Å². The van der Waals surface area contributed by atoms with Crippen LogP contribution < -0.4 is 0 Å². The van der Waals surface area contributed by atoms with E-state index in [1.54, 1.807) is 15.8 Å². The SMILES string of the molecule is Cc1c(Cl)c([N+](=O)[O-])nn1C12CC3CC(CC(CC(=O)N(C)Cc4c(Cl)cnn4C)(C3)C1)C2. The molecule has 2 heterocycles. The lowest BCUT2D eigenvalue weighted by Crippen LogP contribution is -2.58. The molecule has 2 aromatic rings. The normalized spacial score (nSPS) is 30.1. The Balaban J connectivity index is 1.41. The number of rotatable bonds is 6. The molecule has 4 saturated carbocycles. The molecule has 0 radical (unpaired) electrons. The maximum atomic E-state index is 13.4. The third-order valence-electron chi connectivity index (χ3n) is 8.15. The molecule has 4 fully saturated rings. The first-order valence-electron chi connectivity index (χ1n) is 11.3. The maximum absolute atomic E-state index is 13.4. The number of carbonyl (C=O) groups is 1. The van der Waals surface area contributed by atoms with Crippen LogP contribution in [0.5, 0.6) is 0 Å². The number of aryl methyl sites for hydroxylation is 1. The summed E-state index contributed by atoms with van der Waals surface area (Å²) >= 11 is 12.5. The molecule has 4 aliphatic carbocycles. The number of hydrogen-bond acceptors (Lipinski definition) is 5. The van der Waals surface area contributed by atoms with Crippen molar-refractivity contribution in [1.82, 2.24) is 24.5 Å². The summed E-state index contributed by atoms with van der Waals surface area (Å²) in [6, 6.07) is 0. The predicted molar refractivity (Wildman–Crippen MR) is 123 cm³/mol. The van der Waals surface area contributed by atoms with Gasteiger partial charge in [-0.1, -0.05) is 23.2 Å². The third kappa shape index (κ3) is 3.64. The number of amides is 1. The van der Waals surface area contributed by atoms with Crippen molar-refractivity contribution in [2.45, 2.75) is 64.0 Å². The second-order valence-corrected chi connectivity index (χ2v) is 11.4. The quantitative estimate of drug-likeness (QED) is 0.435. The first kappa shape index (κ1) is 22.7. The van der Waals surface area contributed by atoms with Crippen LogP contribution in [0, 0.1) is 34.3 Å². The molecule has 2 atom stereocenters. The van der Waals surface area contributed by atoms with Crippen molar-refractivity contribution in [3.63, 3.8) is 0 Å². The van der Waals surface area contributed by atoms with E-state index < -0.39 is 4.92 Å². The molecule has 9 nitrogen and oxygen atoms in total. The van der Waals surface area contributed by atoms with Crippen LogP contribution in [-0.4, -0.2) is 42.3 Å². The largest absolute Gasteiger partial charge is 0.408 e. The van der Waals surface area contributed by atoms with Gasteiger partial charge in [0, 0.05) is 20.5 Å². The molecule has 1 amide bonds. The van der Waals surface area contributed by atoms with Gasteiger partial charge < -0.3 is 15.0 Å². The predicted octanol–water partition coefficient (Wildman–Crippen LogP) is 4.48. The van der Waals surface area contributed by atoms with E-state index >= 15 is 0 Å². The molecule has 0 N–H and O–H groups in total. The van der Waals surface area contributed by atoms with Gasteiger partial charge in [-0.2, -0.15) is 9.78 Å². The van der Waals surface area contributed by atoms with Crippen molar-refractivity contribution in [2.24, 2.45) is 24.3 Å². The highest BCUT2D eigenvalue weighted by molar-refractivity contribution is 6.33. The van der Waals surface area contributed by atoms with Gasteiger partial charge in [0.25, 0.3) is 0 Å². The lowest BCUT2D eigenvalue weighted by molar-refractivity contribution is -0.389. The summed E-state index contributed by atoms with van der Waals surface area (Å²) in [5.74, 6) is 0.808. The molecule has 0 aliphatic heterocycles. The van der Waals surface area contributed by atoms with E-state index in [9.17, 15) is 14.9 Å². The number of nitro groups is 1. The Morgan fingerprint density at radius 3 is 2.52 bits per heavy atom. The first-order valence-corrected chi connectivity index (χ1v) is 12.1. The van der Waals surface area contributed by atoms with Crippen molar-refractivity contribution < 1.29 is 9.72 Å². The maximum Gasteiger partial charge on any atom is 0.408 e. The Hall–Kier alpha value is -2.13. The Morgan fingerprint density at radius 2 is 1.97 bits per heavy atom. The van der Waals surface area contributed by atoms with Crippen LogP contribution in [0.1, 0.15) is 56.3 Å². The molecule has 2 aromatic heterocycles. The highest BCUT2D eigenvalue weighted by Crippen LogP contribution is 2.65. The molecular weight excluding hydrogens is 467 g/mol. The van der Waals surface area contributed by atoms with E-state index in [1.165, 1.54) is 0 Å². The van der Waals surface area contributed by atoms with Crippen LogP contribution in [0.4, 0.5) is 5.82 Å². The standard InChI is InChI=1S/C22H28Cl2N6O3/c1-13-19(24)20(30(32)33)26-29(13)22-7-14-4-15(8-22)6-21(5-14,12-22)9-18(31)27(2)11-17-16(23)10-25-28(17)3/h10,14-15H,4-9,11-12H2,1-3H3. The number of carbonyl (C=O) groups excluding carboxylic acids is 1. The monoisotopic (exact) mass is 494 g/mol. The van der Waals surface area contributed by atoms with Gasteiger partial charge in [0.05, 0.1) is 39.8 Å². The van der Waals surface area contributed by atoms with Crippen molar-refractivity contribution in [1.29, 1.82) is 0 Å². The summed E-state index contributed by atoms with van der Waals surface area (Å²) in [4.78, 5) is 26.0. The van der Waals surface area contributed by atoms with Crippen LogP contribution in [0.15, 0.2) is 6.20 Å². The van der Waals surface area contributed by atoms with E-state index in [-0.39, 0.29) is 27.7 Å². The molecule has 11 heteroatoms. The van der Waals surface area contributed by atoms with Gasteiger partial charge in [0.15, 0.2) is 5.02 Å². The van der Waals surface area contributed by atoms with E-state index in [1.807, 2.05) is 25.7 Å². The molecule has 33 heavy (non-hydrogen) atoms. The Kier molecular flexibility index (Phi) is 5.28. The lowest BCUT2D eigenvalue weighted by atomic mass is 9.46. The van der Waals surface area contributed by atoms with Crippen LogP contribution in [-0.2, 0) is 23.9 Å². The Morgan fingerprint density at radius 1 is 1.30 bits per heavy atom. The average molecular weight is 495 g/mol.